The van der Waals surface area contributed by atoms with Crippen LogP contribution >= 0.6 is 11.6 Å². The quantitative estimate of drug-likeness (QED) is 0.459. The van der Waals surface area contributed by atoms with E-state index in [9.17, 15) is 31.9 Å². The Morgan fingerprint density at radius 2 is 1.83 bits per heavy atom. The van der Waals surface area contributed by atoms with Crippen LogP contribution in [0.3, 0.4) is 0 Å². The van der Waals surface area contributed by atoms with Crippen molar-refractivity contribution in [2.75, 3.05) is 0 Å². The average molecular weight is 515 g/mol. The average Bonchev–Trinajstić information content (AvgIpc) is 3.35. The fourth-order valence-electron chi connectivity index (χ4n) is 4.23. The molecular weight excluding hydrogens is 495 g/mol. The van der Waals surface area contributed by atoms with E-state index in [1.807, 2.05) is 0 Å². The highest BCUT2D eigenvalue weighted by Gasteiger charge is 2.43. The van der Waals surface area contributed by atoms with E-state index in [4.69, 9.17) is 11.6 Å². The predicted octanol–water partition coefficient (Wildman–Crippen LogP) is 5.19. The summed E-state index contributed by atoms with van der Waals surface area (Å²) >= 11 is 6.14. The fourth-order valence-corrected chi connectivity index (χ4v) is 4.47. The molecular formula is C23H20ClF5N4O2. The van der Waals surface area contributed by atoms with Crippen LogP contribution in [0.4, 0.5) is 22.0 Å². The van der Waals surface area contributed by atoms with Gasteiger partial charge < -0.3 is 10.4 Å². The normalized spacial score (nSPS) is 21.5. The Hall–Kier alpha value is -3.05. The lowest BCUT2D eigenvalue weighted by Gasteiger charge is -2.41. The number of amides is 1. The van der Waals surface area contributed by atoms with Crippen molar-refractivity contribution in [3.05, 3.63) is 76.3 Å². The Morgan fingerprint density at radius 1 is 1.17 bits per heavy atom. The van der Waals surface area contributed by atoms with Gasteiger partial charge in [-0.2, -0.15) is 28.2 Å². The summed E-state index contributed by atoms with van der Waals surface area (Å²) in [6.45, 7) is 0. The summed E-state index contributed by atoms with van der Waals surface area (Å²) in [5.74, 6) is -1.82. The summed E-state index contributed by atoms with van der Waals surface area (Å²) in [7, 11) is 0. The largest absolute Gasteiger partial charge is 0.416 e. The smallest absolute Gasteiger partial charge is 0.387 e. The molecule has 1 fully saturated rings. The first-order valence-corrected chi connectivity index (χ1v) is 11.1. The van der Waals surface area contributed by atoms with E-state index >= 15 is 0 Å². The molecule has 3 aromatic rings. The van der Waals surface area contributed by atoms with Gasteiger partial charge in [0, 0.05) is 0 Å². The lowest BCUT2D eigenvalue weighted by molar-refractivity contribution is -0.137. The first kappa shape index (κ1) is 25.1. The molecule has 1 amide bonds. The van der Waals surface area contributed by atoms with Gasteiger partial charge in [0.25, 0.3) is 5.91 Å². The zero-order valence-electron chi connectivity index (χ0n) is 18.1. The lowest BCUT2D eigenvalue weighted by Crippen LogP contribution is -2.49. The molecule has 0 saturated heterocycles. The molecule has 1 aliphatic carbocycles. The zero-order chi connectivity index (χ0) is 25.4. The molecule has 1 aliphatic rings. The zero-order valence-corrected chi connectivity index (χ0v) is 18.8. The Bertz CT molecular complexity index is 1210. The second kappa shape index (κ2) is 9.54. The number of alkyl halides is 4. The van der Waals surface area contributed by atoms with Crippen LogP contribution in [0.15, 0.2) is 48.8 Å². The van der Waals surface area contributed by atoms with Crippen LogP contribution in [-0.2, 0) is 6.18 Å². The van der Waals surface area contributed by atoms with E-state index < -0.39 is 46.8 Å². The molecule has 0 spiro atoms. The van der Waals surface area contributed by atoms with Crippen LogP contribution in [0.1, 0.15) is 53.2 Å². The molecule has 1 unspecified atom stereocenters. The molecule has 186 valence electrons. The van der Waals surface area contributed by atoms with E-state index in [0.29, 0.717) is 6.07 Å². The first-order valence-electron chi connectivity index (χ1n) is 10.7. The topological polar surface area (TPSA) is 80.0 Å². The van der Waals surface area contributed by atoms with Crippen molar-refractivity contribution in [3.63, 3.8) is 0 Å². The molecule has 0 aliphatic heterocycles. The number of rotatable bonds is 5. The van der Waals surface area contributed by atoms with Crippen molar-refractivity contribution in [1.82, 2.24) is 20.3 Å². The number of hydrogen-bond acceptors (Lipinski definition) is 4. The number of aromatic nitrogens is 3. The van der Waals surface area contributed by atoms with E-state index in [0.717, 1.165) is 23.0 Å². The lowest BCUT2D eigenvalue weighted by atomic mass is 9.76. The highest BCUT2D eigenvalue weighted by atomic mass is 35.5. The minimum Gasteiger partial charge on any atom is -0.387 e. The van der Waals surface area contributed by atoms with Crippen LogP contribution in [0.25, 0.3) is 5.69 Å². The van der Waals surface area contributed by atoms with Gasteiger partial charge in [0.15, 0.2) is 0 Å². The number of nitrogens with zero attached hydrogens (tertiary/aromatic N) is 3. The maximum atomic E-state index is 14.3. The third-order valence-corrected chi connectivity index (χ3v) is 6.49. The molecule has 1 heterocycles. The van der Waals surface area contributed by atoms with Crippen molar-refractivity contribution in [3.8, 4) is 5.69 Å². The maximum Gasteiger partial charge on any atom is 0.416 e. The van der Waals surface area contributed by atoms with Crippen LogP contribution in [0.5, 0.6) is 0 Å². The molecule has 0 bridgehead atoms. The summed E-state index contributed by atoms with van der Waals surface area (Å²) < 4.78 is 68.3. The molecule has 12 heteroatoms. The van der Waals surface area contributed by atoms with Gasteiger partial charge in [0.2, 0.25) is 0 Å². The highest BCUT2D eigenvalue weighted by molar-refractivity contribution is 6.31. The highest BCUT2D eigenvalue weighted by Crippen LogP contribution is 2.42. The van der Waals surface area contributed by atoms with Crippen molar-refractivity contribution in [2.45, 2.75) is 49.7 Å². The third-order valence-electron chi connectivity index (χ3n) is 6.09. The number of nitrogens with one attached hydrogen (secondary N) is 1. The first-order chi connectivity index (χ1) is 16.5. The van der Waals surface area contributed by atoms with E-state index in [1.165, 1.54) is 24.5 Å². The summed E-state index contributed by atoms with van der Waals surface area (Å²) in [5.41, 5.74) is -3.27. The fraction of sp³-hybridized carbons (Fsp3) is 0.348. The molecule has 6 nitrogen and oxygen atoms in total. The maximum absolute atomic E-state index is 14.3. The van der Waals surface area contributed by atoms with E-state index in [-0.39, 0.29) is 42.0 Å². The Kier molecular flexibility index (Phi) is 6.83. The van der Waals surface area contributed by atoms with Crippen LogP contribution < -0.4 is 5.32 Å². The van der Waals surface area contributed by atoms with Gasteiger partial charge in [0.05, 0.1) is 45.9 Å². The number of hydrogen-bond donors (Lipinski definition) is 2. The van der Waals surface area contributed by atoms with Gasteiger partial charge in [-0.3, -0.25) is 4.79 Å². The summed E-state index contributed by atoms with van der Waals surface area (Å²) in [5, 5.41) is 21.3. The second-order valence-electron chi connectivity index (χ2n) is 8.38. The monoisotopic (exact) mass is 514 g/mol. The summed E-state index contributed by atoms with van der Waals surface area (Å²) in [6, 6.07) is 4.93. The van der Waals surface area contributed by atoms with Crippen LogP contribution in [-0.4, -0.2) is 37.8 Å². The number of aliphatic hydroxyl groups is 1. The van der Waals surface area contributed by atoms with E-state index in [1.54, 1.807) is 0 Å². The molecule has 2 N–H and O–H groups in total. The number of benzene rings is 2. The summed E-state index contributed by atoms with van der Waals surface area (Å²) in [6.07, 6.45) is -3.52. The van der Waals surface area contributed by atoms with Gasteiger partial charge in [-0.25, -0.2) is 8.78 Å². The number of carbonyl (C=O) groups excluding carboxylic acids is 1. The second-order valence-corrected chi connectivity index (χ2v) is 8.75. The Balaban J connectivity index is 1.79. The van der Waals surface area contributed by atoms with Crippen LogP contribution in [0, 0.1) is 5.82 Å². The van der Waals surface area contributed by atoms with Gasteiger partial charge in [-0.1, -0.05) is 23.7 Å². The van der Waals surface area contributed by atoms with Gasteiger partial charge in [0.1, 0.15) is 12.0 Å². The third kappa shape index (κ3) is 5.15. The standard InChI is InChI=1S/C23H20ClF5N4O2/c24-19-15(2-1-3-17(19)26)20(22(35)8-6-14(25)7-9-22)32-21(34)16-12-13(23(27,28)29)4-5-18(16)33-30-10-11-31-33/h1-5,10-12,14,20,35H,6-9H2,(H,32,34)/t14-,20?,22-. The molecule has 1 saturated carbocycles. The number of carbonyl (C=O) groups is 1. The van der Waals surface area contributed by atoms with Crippen molar-refractivity contribution >= 4 is 17.5 Å². The number of halogens is 6. The van der Waals surface area contributed by atoms with Crippen molar-refractivity contribution in [2.24, 2.45) is 0 Å². The molecule has 2 aromatic carbocycles. The molecule has 1 atom stereocenters. The van der Waals surface area contributed by atoms with E-state index in [2.05, 4.69) is 15.5 Å². The molecule has 4 rings (SSSR count). The minimum atomic E-state index is -4.74. The van der Waals surface area contributed by atoms with Gasteiger partial charge in [-0.05, 0) is 55.5 Å². The molecule has 35 heavy (non-hydrogen) atoms. The van der Waals surface area contributed by atoms with Gasteiger partial charge >= 0.3 is 6.18 Å². The van der Waals surface area contributed by atoms with Crippen LogP contribution in [0.2, 0.25) is 5.02 Å². The Labute approximate surface area is 201 Å². The molecule has 0 radical (unpaired) electrons. The predicted molar refractivity (Wildman–Crippen MR) is 116 cm³/mol. The van der Waals surface area contributed by atoms with Crippen molar-refractivity contribution < 1.29 is 31.9 Å². The summed E-state index contributed by atoms with van der Waals surface area (Å²) in [4.78, 5) is 14.4. The SMILES string of the molecule is O=C(NC(c1cccc(F)c1Cl)[C@]1(O)CC[C@H](F)CC1)c1cc(C(F)(F)F)ccc1-n1nccn1. The van der Waals surface area contributed by atoms with Gasteiger partial charge in [-0.15, -0.1) is 0 Å². The Morgan fingerprint density at radius 3 is 2.46 bits per heavy atom. The minimum absolute atomic E-state index is 0.0121. The van der Waals surface area contributed by atoms with Crippen molar-refractivity contribution in [1.29, 1.82) is 0 Å². The molecule has 1 aromatic heterocycles.